The van der Waals surface area contributed by atoms with Crippen LogP contribution in [0.3, 0.4) is 0 Å². The maximum atomic E-state index is 12.1. The van der Waals surface area contributed by atoms with Crippen LogP contribution in [0.5, 0.6) is 0 Å². The van der Waals surface area contributed by atoms with Crippen molar-refractivity contribution < 1.29 is 14.5 Å². The number of rotatable bonds is 4. The van der Waals surface area contributed by atoms with Gasteiger partial charge in [0, 0.05) is 18.3 Å². The molecule has 0 N–H and O–H groups in total. The number of nitrogens with zero attached hydrogens (tertiary/aromatic N) is 4. The highest BCUT2D eigenvalue weighted by Gasteiger charge is 2.23. The number of carbonyl (C=O) groups is 1. The van der Waals surface area contributed by atoms with Crippen molar-refractivity contribution in [1.82, 2.24) is 14.5 Å². The first-order valence-electron chi connectivity index (χ1n) is 7.19. The molecule has 8 nitrogen and oxygen atoms in total. The standard InChI is InChI=1S/C14H16N4O4S/c1-10-15-8-13(18(20)21)17(10)5-6-22-14(19)16-4-2-11-3-7-23-12(11)9-16/h3,7-8H,2,4-6,9H2,1H3. The van der Waals surface area contributed by atoms with Gasteiger partial charge in [-0.2, -0.15) is 0 Å². The molecule has 1 aliphatic rings. The summed E-state index contributed by atoms with van der Waals surface area (Å²) in [5.74, 6) is 0.425. The van der Waals surface area contributed by atoms with Crippen LogP contribution in [0, 0.1) is 17.0 Å². The molecule has 0 radical (unpaired) electrons. The third kappa shape index (κ3) is 3.19. The van der Waals surface area contributed by atoms with Gasteiger partial charge >= 0.3 is 11.9 Å². The third-order valence-electron chi connectivity index (χ3n) is 3.84. The monoisotopic (exact) mass is 336 g/mol. The number of hydrogen-bond acceptors (Lipinski definition) is 6. The first-order valence-corrected chi connectivity index (χ1v) is 8.07. The summed E-state index contributed by atoms with van der Waals surface area (Å²) in [5.41, 5.74) is 1.30. The summed E-state index contributed by atoms with van der Waals surface area (Å²) in [5, 5.41) is 12.9. The Kier molecular flexibility index (Phi) is 4.28. The van der Waals surface area contributed by atoms with Gasteiger partial charge in [0.25, 0.3) is 0 Å². The fourth-order valence-corrected chi connectivity index (χ4v) is 3.53. The molecule has 3 heterocycles. The van der Waals surface area contributed by atoms with E-state index in [9.17, 15) is 14.9 Å². The van der Waals surface area contributed by atoms with Crippen LogP contribution in [0.25, 0.3) is 0 Å². The molecule has 3 rings (SSSR count). The van der Waals surface area contributed by atoms with Gasteiger partial charge < -0.3 is 19.8 Å². The predicted octanol–water partition coefficient (Wildman–Crippen LogP) is 2.36. The summed E-state index contributed by atoms with van der Waals surface area (Å²) in [6.07, 6.45) is 1.66. The normalized spacial score (nSPS) is 13.7. The van der Waals surface area contributed by atoms with E-state index in [-0.39, 0.29) is 25.1 Å². The molecule has 2 aromatic rings. The van der Waals surface area contributed by atoms with Crippen LogP contribution in [0.2, 0.25) is 0 Å². The molecule has 1 amide bonds. The molecule has 9 heteroatoms. The Morgan fingerprint density at radius 2 is 2.39 bits per heavy atom. The second-order valence-electron chi connectivity index (χ2n) is 5.23. The number of fused-ring (bicyclic) bond motifs is 1. The van der Waals surface area contributed by atoms with E-state index in [1.54, 1.807) is 23.2 Å². The lowest BCUT2D eigenvalue weighted by molar-refractivity contribution is -0.392. The Bertz CT molecular complexity index is 739. The van der Waals surface area contributed by atoms with E-state index in [0.717, 1.165) is 6.42 Å². The molecule has 0 saturated heterocycles. The molecule has 0 spiro atoms. The highest BCUT2D eigenvalue weighted by Crippen LogP contribution is 2.24. The second kappa shape index (κ2) is 6.37. The average Bonchev–Trinajstić information content (AvgIpc) is 3.13. The summed E-state index contributed by atoms with van der Waals surface area (Å²) in [7, 11) is 0. The van der Waals surface area contributed by atoms with Crippen LogP contribution in [0.1, 0.15) is 16.3 Å². The summed E-state index contributed by atoms with van der Waals surface area (Å²) in [6.45, 7) is 3.16. The molecule has 0 atom stereocenters. The quantitative estimate of drug-likeness (QED) is 0.631. The lowest BCUT2D eigenvalue weighted by Gasteiger charge is -2.25. The molecule has 2 aromatic heterocycles. The van der Waals surface area contributed by atoms with E-state index >= 15 is 0 Å². The van der Waals surface area contributed by atoms with Crippen molar-refractivity contribution in [2.24, 2.45) is 0 Å². The van der Waals surface area contributed by atoms with Gasteiger partial charge in [-0.1, -0.05) is 0 Å². The Morgan fingerprint density at radius 1 is 1.57 bits per heavy atom. The number of imidazole rings is 1. The second-order valence-corrected chi connectivity index (χ2v) is 6.23. The molecule has 0 aliphatic carbocycles. The molecular formula is C14H16N4O4S. The van der Waals surface area contributed by atoms with Gasteiger partial charge in [-0.05, 0) is 28.4 Å². The van der Waals surface area contributed by atoms with E-state index in [2.05, 4.69) is 11.1 Å². The van der Waals surface area contributed by atoms with E-state index in [1.807, 2.05) is 5.38 Å². The van der Waals surface area contributed by atoms with Crippen molar-refractivity contribution in [2.45, 2.75) is 26.4 Å². The largest absolute Gasteiger partial charge is 0.445 e. The molecule has 1 aliphatic heterocycles. The smallest absolute Gasteiger partial charge is 0.410 e. The van der Waals surface area contributed by atoms with E-state index in [0.29, 0.717) is 18.9 Å². The number of thiophene rings is 1. The van der Waals surface area contributed by atoms with Crippen molar-refractivity contribution in [3.05, 3.63) is 44.0 Å². The Labute approximate surface area is 136 Å². The highest BCUT2D eigenvalue weighted by molar-refractivity contribution is 7.10. The molecule has 0 aromatic carbocycles. The number of carbonyl (C=O) groups excluding carboxylic acids is 1. The Morgan fingerprint density at radius 3 is 3.17 bits per heavy atom. The number of nitro groups is 1. The minimum Gasteiger partial charge on any atom is -0.445 e. The predicted molar refractivity (Wildman–Crippen MR) is 83.4 cm³/mol. The molecule has 23 heavy (non-hydrogen) atoms. The number of ether oxygens (including phenoxy) is 1. The van der Waals surface area contributed by atoms with Crippen LogP contribution in [-0.2, 0) is 24.2 Å². The van der Waals surface area contributed by atoms with Crippen molar-refractivity contribution in [3.63, 3.8) is 0 Å². The van der Waals surface area contributed by atoms with E-state index in [4.69, 9.17) is 4.74 Å². The summed E-state index contributed by atoms with van der Waals surface area (Å²) < 4.78 is 6.69. The maximum Gasteiger partial charge on any atom is 0.410 e. The molecule has 122 valence electrons. The third-order valence-corrected chi connectivity index (χ3v) is 4.79. The fraction of sp³-hybridized carbons (Fsp3) is 0.429. The van der Waals surface area contributed by atoms with Crippen molar-refractivity contribution in [1.29, 1.82) is 0 Å². The Hall–Kier alpha value is -2.42. The topological polar surface area (TPSA) is 90.5 Å². The first kappa shape index (κ1) is 15.5. The first-order chi connectivity index (χ1) is 11.1. The van der Waals surface area contributed by atoms with Gasteiger partial charge in [-0.25, -0.2) is 14.3 Å². The van der Waals surface area contributed by atoms with Gasteiger partial charge in [0.2, 0.25) is 0 Å². The van der Waals surface area contributed by atoms with Crippen molar-refractivity contribution in [3.8, 4) is 0 Å². The lowest BCUT2D eigenvalue weighted by Crippen LogP contribution is -2.36. The van der Waals surface area contributed by atoms with E-state index in [1.165, 1.54) is 21.2 Å². The molecule has 0 bridgehead atoms. The van der Waals surface area contributed by atoms with E-state index < -0.39 is 4.92 Å². The van der Waals surface area contributed by atoms with Crippen molar-refractivity contribution in [2.75, 3.05) is 13.2 Å². The SMILES string of the molecule is Cc1ncc([N+](=O)[O-])n1CCOC(=O)N1CCc2ccsc2C1. The number of aryl methyl sites for hydroxylation is 1. The van der Waals surface area contributed by atoms with Gasteiger partial charge in [-0.3, -0.25) is 0 Å². The molecule has 0 unspecified atom stereocenters. The van der Waals surface area contributed by atoms with Crippen LogP contribution < -0.4 is 0 Å². The molecule has 0 fully saturated rings. The Balaban J connectivity index is 1.54. The lowest BCUT2D eigenvalue weighted by atomic mass is 10.1. The van der Waals surface area contributed by atoms with Crippen LogP contribution in [0.15, 0.2) is 17.6 Å². The van der Waals surface area contributed by atoms with Gasteiger partial charge in [0.05, 0.1) is 6.54 Å². The zero-order chi connectivity index (χ0) is 16.4. The molecular weight excluding hydrogens is 320 g/mol. The summed E-state index contributed by atoms with van der Waals surface area (Å²) >= 11 is 1.64. The van der Waals surface area contributed by atoms with Gasteiger partial charge in [0.1, 0.15) is 19.3 Å². The zero-order valence-corrected chi connectivity index (χ0v) is 13.4. The summed E-state index contributed by atoms with van der Waals surface area (Å²) in [4.78, 5) is 29.3. The number of hydrogen-bond donors (Lipinski definition) is 0. The number of aromatic nitrogens is 2. The molecule has 0 saturated carbocycles. The average molecular weight is 336 g/mol. The highest BCUT2D eigenvalue weighted by atomic mass is 32.1. The zero-order valence-electron chi connectivity index (χ0n) is 12.6. The van der Waals surface area contributed by atoms with Crippen molar-refractivity contribution >= 4 is 23.2 Å². The minimum atomic E-state index is -0.495. The minimum absolute atomic E-state index is 0.0741. The van der Waals surface area contributed by atoms with Gasteiger partial charge in [0.15, 0.2) is 5.82 Å². The maximum absolute atomic E-state index is 12.1. The van der Waals surface area contributed by atoms with Crippen LogP contribution >= 0.6 is 11.3 Å². The summed E-state index contributed by atoms with van der Waals surface area (Å²) in [6, 6.07) is 2.09. The van der Waals surface area contributed by atoms with Crippen LogP contribution in [-0.4, -0.2) is 38.6 Å². The fourth-order valence-electron chi connectivity index (χ4n) is 2.59. The van der Waals surface area contributed by atoms with Crippen LogP contribution in [0.4, 0.5) is 10.6 Å². The van der Waals surface area contributed by atoms with Gasteiger partial charge in [-0.15, -0.1) is 11.3 Å². The number of amides is 1.